The number of nitro benzene ring substituents is 1. The first-order valence-corrected chi connectivity index (χ1v) is 11.0. The number of carbonyl (C=O) groups excluding carboxylic acids is 1. The zero-order valence-electron chi connectivity index (χ0n) is 15.8. The average molecular weight is 470 g/mol. The minimum atomic E-state index is -3.86. The second kappa shape index (κ2) is 8.52. The van der Waals surface area contributed by atoms with Gasteiger partial charge in [-0.15, -0.1) is 11.3 Å². The van der Waals surface area contributed by atoms with Crippen molar-refractivity contribution in [3.05, 3.63) is 62.6 Å². The van der Waals surface area contributed by atoms with Crippen molar-refractivity contribution in [1.29, 1.82) is 0 Å². The number of aromatic nitrogens is 2. The van der Waals surface area contributed by atoms with Gasteiger partial charge >= 0.3 is 0 Å². The lowest BCUT2D eigenvalue weighted by atomic mass is 10.3. The Kier molecular flexibility index (Phi) is 6.22. The van der Waals surface area contributed by atoms with E-state index in [0.717, 1.165) is 15.6 Å². The van der Waals surface area contributed by atoms with Crippen molar-refractivity contribution < 1.29 is 18.1 Å². The first kappa shape index (κ1) is 21.9. The summed E-state index contributed by atoms with van der Waals surface area (Å²) in [5.41, 5.74) is 1.02. The monoisotopic (exact) mass is 469 g/mol. The number of rotatable bonds is 7. The molecule has 3 rings (SSSR count). The molecule has 1 aromatic carbocycles. The molecular weight excluding hydrogens is 454 g/mol. The number of non-ortho nitro benzene ring substituents is 1. The number of thiophene rings is 1. The minimum absolute atomic E-state index is 0.0366. The molecule has 0 unspecified atom stereocenters. The van der Waals surface area contributed by atoms with Gasteiger partial charge in [-0.25, -0.2) is 13.1 Å². The second-order valence-electron chi connectivity index (χ2n) is 6.22. The summed E-state index contributed by atoms with van der Waals surface area (Å²) >= 11 is 6.70. The smallest absolute Gasteiger partial charge is 0.269 e. The number of halogens is 1. The Labute approximate surface area is 180 Å². The number of anilines is 1. The molecule has 0 aliphatic carbocycles. The molecule has 0 atom stereocenters. The molecule has 0 saturated heterocycles. The van der Waals surface area contributed by atoms with Crippen LogP contribution in [-0.4, -0.2) is 46.9 Å². The molecule has 0 bridgehead atoms. The van der Waals surface area contributed by atoms with Gasteiger partial charge in [-0.3, -0.25) is 14.9 Å². The van der Waals surface area contributed by atoms with Crippen LogP contribution in [0.25, 0.3) is 5.69 Å². The van der Waals surface area contributed by atoms with Crippen LogP contribution in [0, 0.1) is 17.0 Å². The highest BCUT2D eigenvalue weighted by Crippen LogP contribution is 2.27. The topological polar surface area (TPSA) is 127 Å². The van der Waals surface area contributed by atoms with Gasteiger partial charge in [-0.1, -0.05) is 11.6 Å². The molecule has 2 heterocycles. The summed E-state index contributed by atoms with van der Waals surface area (Å²) in [6.07, 6.45) is 0. The van der Waals surface area contributed by atoms with Crippen LogP contribution in [-0.2, 0) is 14.8 Å². The van der Waals surface area contributed by atoms with Crippen LogP contribution in [0.2, 0.25) is 4.34 Å². The molecule has 0 fully saturated rings. The number of amides is 1. The van der Waals surface area contributed by atoms with E-state index in [-0.39, 0.29) is 9.90 Å². The predicted molar refractivity (Wildman–Crippen MR) is 113 cm³/mol. The van der Waals surface area contributed by atoms with Gasteiger partial charge in [0.1, 0.15) is 10.0 Å². The molecular formula is C17H16ClN5O5S2. The number of aryl methyl sites for hydroxylation is 1. The van der Waals surface area contributed by atoms with Crippen LogP contribution < -0.4 is 5.32 Å². The summed E-state index contributed by atoms with van der Waals surface area (Å²) in [7, 11) is -2.56. The molecule has 0 spiro atoms. The third-order valence-electron chi connectivity index (χ3n) is 3.98. The van der Waals surface area contributed by atoms with Crippen LogP contribution in [0.15, 0.2) is 46.7 Å². The van der Waals surface area contributed by atoms with Crippen LogP contribution in [0.4, 0.5) is 11.5 Å². The van der Waals surface area contributed by atoms with Gasteiger partial charge in [0.15, 0.2) is 0 Å². The molecule has 0 radical (unpaired) electrons. The number of benzene rings is 1. The van der Waals surface area contributed by atoms with Crippen LogP contribution >= 0.6 is 22.9 Å². The molecule has 2 aromatic heterocycles. The van der Waals surface area contributed by atoms with E-state index in [4.69, 9.17) is 11.6 Å². The SMILES string of the molecule is Cc1cc(NC(=O)CN(C)S(=O)(=O)c2ccc(Cl)s2)n(-c2ccc([N+](=O)[O-])cc2)n1. The van der Waals surface area contributed by atoms with Gasteiger partial charge < -0.3 is 5.32 Å². The molecule has 0 saturated carbocycles. The Morgan fingerprint density at radius 3 is 2.53 bits per heavy atom. The average Bonchev–Trinajstić information content (AvgIpc) is 3.27. The lowest BCUT2D eigenvalue weighted by Crippen LogP contribution is -2.35. The maximum Gasteiger partial charge on any atom is 0.269 e. The van der Waals surface area contributed by atoms with E-state index >= 15 is 0 Å². The van der Waals surface area contributed by atoms with E-state index < -0.39 is 27.4 Å². The fraction of sp³-hybridized carbons (Fsp3) is 0.176. The summed E-state index contributed by atoms with van der Waals surface area (Å²) in [4.78, 5) is 22.8. The number of hydrogen-bond acceptors (Lipinski definition) is 7. The van der Waals surface area contributed by atoms with Crippen molar-refractivity contribution in [3.8, 4) is 5.69 Å². The highest BCUT2D eigenvalue weighted by Gasteiger charge is 2.25. The molecule has 1 N–H and O–H groups in total. The Bertz CT molecular complexity index is 1200. The fourth-order valence-electron chi connectivity index (χ4n) is 2.56. The Morgan fingerprint density at radius 1 is 1.30 bits per heavy atom. The van der Waals surface area contributed by atoms with E-state index in [2.05, 4.69) is 10.4 Å². The van der Waals surface area contributed by atoms with E-state index in [1.807, 2.05) is 0 Å². The largest absolute Gasteiger partial charge is 0.309 e. The zero-order valence-corrected chi connectivity index (χ0v) is 18.2. The standard InChI is InChI=1S/C17H16ClN5O5S2/c1-11-9-15(22(20-11)12-3-5-13(6-4-12)23(25)26)19-16(24)10-21(2)30(27,28)17-8-7-14(18)29-17/h3-9H,10H2,1-2H3,(H,19,24). The third kappa shape index (κ3) is 4.67. The first-order valence-electron chi connectivity index (χ1n) is 8.41. The molecule has 13 heteroatoms. The maximum atomic E-state index is 12.5. The van der Waals surface area contributed by atoms with Crippen molar-refractivity contribution in [1.82, 2.24) is 14.1 Å². The summed E-state index contributed by atoms with van der Waals surface area (Å²) in [5, 5.41) is 17.7. The number of nitro groups is 1. The Hall–Kier alpha value is -2.80. The van der Waals surface area contributed by atoms with Gasteiger partial charge in [-0.2, -0.15) is 9.40 Å². The summed E-state index contributed by atoms with van der Waals surface area (Å²) in [6.45, 7) is 1.29. The second-order valence-corrected chi connectivity index (χ2v) is 10.2. The van der Waals surface area contributed by atoms with Gasteiger partial charge in [0.05, 0.1) is 27.2 Å². The quantitative estimate of drug-likeness (QED) is 0.418. The van der Waals surface area contributed by atoms with E-state index in [9.17, 15) is 23.3 Å². The number of likely N-dealkylation sites (N-methyl/N-ethyl adjacent to an activating group) is 1. The zero-order chi connectivity index (χ0) is 22.1. The van der Waals surface area contributed by atoms with Gasteiger partial charge in [-0.05, 0) is 31.2 Å². The van der Waals surface area contributed by atoms with Crippen molar-refractivity contribution in [3.63, 3.8) is 0 Å². The molecule has 10 nitrogen and oxygen atoms in total. The van der Waals surface area contributed by atoms with Crippen molar-refractivity contribution in [2.75, 3.05) is 18.9 Å². The summed E-state index contributed by atoms with van der Waals surface area (Å²) in [6, 6.07) is 10.1. The van der Waals surface area contributed by atoms with Gasteiger partial charge in [0.25, 0.3) is 15.7 Å². The minimum Gasteiger partial charge on any atom is -0.309 e. The number of carbonyl (C=O) groups is 1. The number of sulfonamides is 1. The summed E-state index contributed by atoms with van der Waals surface area (Å²) in [5.74, 6) is -0.275. The number of nitrogens with zero attached hydrogens (tertiary/aromatic N) is 4. The van der Waals surface area contributed by atoms with E-state index in [0.29, 0.717) is 21.5 Å². The van der Waals surface area contributed by atoms with E-state index in [1.54, 1.807) is 13.0 Å². The van der Waals surface area contributed by atoms with Crippen molar-refractivity contribution in [2.24, 2.45) is 0 Å². The number of hydrogen-bond donors (Lipinski definition) is 1. The maximum absolute atomic E-state index is 12.5. The van der Waals surface area contributed by atoms with Gasteiger partial charge in [0, 0.05) is 25.2 Å². The third-order valence-corrected chi connectivity index (χ3v) is 7.49. The van der Waals surface area contributed by atoms with E-state index in [1.165, 1.54) is 48.1 Å². The highest BCUT2D eigenvalue weighted by atomic mass is 35.5. The normalized spacial score (nSPS) is 11.6. The Morgan fingerprint density at radius 2 is 1.97 bits per heavy atom. The first-order chi connectivity index (χ1) is 14.1. The molecule has 158 valence electrons. The van der Waals surface area contributed by atoms with Crippen molar-refractivity contribution in [2.45, 2.75) is 11.1 Å². The summed E-state index contributed by atoms with van der Waals surface area (Å²) < 4.78 is 27.8. The van der Waals surface area contributed by atoms with Crippen LogP contribution in [0.5, 0.6) is 0 Å². The number of nitrogens with one attached hydrogen (secondary N) is 1. The Balaban J connectivity index is 1.76. The lowest BCUT2D eigenvalue weighted by molar-refractivity contribution is -0.384. The van der Waals surface area contributed by atoms with Crippen molar-refractivity contribution >= 4 is 50.4 Å². The molecule has 3 aromatic rings. The predicted octanol–water partition coefficient (Wildman–Crippen LogP) is 3.06. The fourth-order valence-corrected chi connectivity index (χ4v) is 5.38. The molecule has 0 aliphatic heterocycles. The van der Waals surface area contributed by atoms with Crippen LogP contribution in [0.1, 0.15) is 5.69 Å². The lowest BCUT2D eigenvalue weighted by Gasteiger charge is -2.16. The molecule has 1 amide bonds. The van der Waals surface area contributed by atoms with Gasteiger partial charge in [0.2, 0.25) is 5.91 Å². The molecule has 30 heavy (non-hydrogen) atoms. The van der Waals surface area contributed by atoms with Crippen LogP contribution in [0.3, 0.4) is 0 Å². The highest BCUT2D eigenvalue weighted by molar-refractivity contribution is 7.91. The molecule has 0 aliphatic rings.